The van der Waals surface area contributed by atoms with E-state index in [1.54, 1.807) is 43.3 Å². The lowest BCUT2D eigenvalue weighted by Crippen LogP contribution is -2.38. The van der Waals surface area contributed by atoms with E-state index in [-0.39, 0.29) is 17.5 Å². The number of benzene rings is 2. The third kappa shape index (κ3) is 6.82. The summed E-state index contributed by atoms with van der Waals surface area (Å²) in [6.45, 7) is 0.872. The van der Waals surface area contributed by atoms with E-state index in [1.165, 1.54) is 29.2 Å². The fourth-order valence-corrected chi connectivity index (χ4v) is 4.83. The van der Waals surface area contributed by atoms with Crippen LogP contribution in [0.1, 0.15) is 46.4 Å². The number of carbonyl (C=O) groups is 3. The Balaban J connectivity index is 1.78. The number of sulfonamides is 1. The SMILES string of the molecule is CN(C)C(=O)c1ccc(N(CC(=O)Nc2ccccc2C(=O)N2CCCCCC2)S(C)(=O)=O)cc1. The Labute approximate surface area is 206 Å². The van der Waals surface area contributed by atoms with E-state index in [0.29, 0.717) is 29.9 Å². The molecule has 0 bridgehead atoms. The van der Waals surface area contributed by atoms with E-state index < -0.39 is 22.5 Å². The van der Waals surface area contributed by atoms with Crippen LogP contribution in [0.2, 0.25) is 0 Å². The number of anilines is 2. The lowest BCUT2D eigenvalue weighted by Gasteiger charge is -2.24. The van der Waals surface area contributed by atoms with Gasteiger partial charge < -0.3 is 15.1 Å². The van der Waals surface area contributed by atoms with E-state index in [2.05, 4.69) is 5.32 Å². The third-order valence-electron chi connectivity index (χ3n) is 5.82. The predicted molar refractivity (Wildman–Crippen MR) is 136 cm³/mol. The second-order valence-corrected chi connectivity index (χ2v) is 10.7. The Hall–Kier alpha value is -3.40. The number of nitrogens with one attached hydrogen (secondary N) is 1. The van der Waals surface area contributed by atoms with Crippen LogP contribution < -0.4 is 9.62 Å². The molecule has 0 saturated carbocycles. The summed E-state index contributed by atoms with van der Waals surface area (Å²) in [7, 11) is -0.553. The van der Waals surface area contributed by atoms with Crippen molar-refractivity contribution in [2.24, 2.45) is 0 Å². The molecule has 0 spiro atoms. The normalized spacial score (nSPS) is 14.1. The molecule has 0 aromatic heterocycles. The maximum absolute atomic E-state index is 13.1. The van der Waals surface area contributed by atoms with Crippen molar-refractivity contribution < 1.29 is 22.8 Å². The number of para-hydroxylation sites is 1. The maximum atomic E-state index is 13.1. The average molecular weight is 501 g/mol. The molecular weight excluding hydrogens is 468 g/mol. The van der Waals surface area contributed by atoms with Crippen molar-refractivity contribution in [3.8, 4) is 0 Å². The monoisotopic (exact) mass is 500 g/mol. The van der Waals surface area contributed by atoms with Gasteiger partial charge in [0.05, 0.1) is 23.2 Å². The molecule has 10 heteroatoms. The number of hydrogen-bond acceptors (Lipinski definition) is 5. The van der Waals surface area contributed by atoms with Gasteiger partial charge in [0, 0.05) is 32.7 Å². The summed E-state index contributed by atoms with van der Waals surface area (Å²) in [6, 6.07) is 12.8. The molecule has 0 aliphatic carbocycles. The van der Waals surface area contributed by atoms with Gasteiger partial charge in [-0.3, -0.25) is 18.7 Å². The highest BCUT2D eigenvalue weighted by Crippen LogP contribution is 2.22. The van der Waals surface area contributed by atoms with E-state index in [0.717, 1.165) is 36.2 Å². The minimum absolute atomic E-state index is 0.149. The quantitative estimate of drug-likeness (QED) is 0.629. The van der Waals surface area contributed by atoms with Gasteiger partial charge in [0.2, 0.25) is 15.9 Å². The fourth-order valence-electron chi connectivity index (χ4n) is 3.97. The highest BCUT2D eigenvalue weighted by molar-refractivity contribution is 7.92. The minimum Gasteiger partial charge on any atom is -0.345 e. The van der Waals surface area contributed by atoms with Crippen molar-refractivity contribution in [2.45, 2.75) is 25.7 Å². The van der Waals surface area contributed by atoms with Crippen LogP contribution in [0.4, 0.5) is 11.4 Å². The summed E-state index contributed by atoms with van der Waals surface area (Å²) in [5.41, 5.74) is 1.37. The van der Waals surface area contributed by atoms with Gasteiger partial charge in [0.25, 0.3) is 11.8 Å². The molecule has 1 N–H and O–H groups in total. The molecule has 2 aromatic carbocycles. The van der Waals surface area contributed by atoms with Crippen LogP contribution in [0.25, 0.3) is 0 Å². The van der Waals surface area contributed by atoms with Crippen LogP contribution >= 0.6 is 0 Å². The van der Waals surface area contributed by atoms with Crippen molar-refractivity contribution in [1.29, 1.82) is 0 Å². The van der Waals surface area contributed by atoms with E-state index in [1.807, 2.05) is 0 Å². The van der Waals surface area contributed by atoms with Gasteiger partial charge in [-0.05, 0) is 49.2 Å². The zero-order chi connectivity index (χ0) is 25.6. The molecule has 1 saturated heterocycles. The Morgan fingerprint density at radius 2 is 1.51 bits per heavy atom. The summed E-state index contributed by atoms with van der Waals surface area (Å²) in [6.07, 6.45) is 5.09. The van der Waals surface area contributed by atoms with Crippen LogP contribution in [0.15, 0.2) is 48.5 Å². The number of nitrogens with zero attached hydrogens (tertiary/aromatic N) is 3. The molecule has 1 fully saturated rings. The van der Waals surface area contributed by atoms with Crippen LogP contribution in [-0.2, 0) is 14.8 Å². The molecule has 3 amide bonds. The molecule has 2 aromatic rings. The highest BCUT2D eigenvalue weighted by Gasteiger charge is 2.24. The first kappa shape index (κ1) is 26.2. The fraction of sp³-hybridized carbons (Fsp3) is 0.400. The molecule has 188 valence electrons. The zero-order valence-electron chi connectivity index (χ0n) is 20.4. The van der Waals surface area contributed by atoms with Gasteiger partial charge in [-0.1, -0.05) is 25.0 Å². The van der Waals surface area contributed by atoms with Crippen LogP contribution in [-0.4, -0.2) is 75.9 Å². The van der Waals surface area contributed by atoms with Crippen LogP contribution in [0.3, 0.4) is 0 Å². The maximum Gasteiger partial charge on any atom is 0.255 e. The lowest BCUT2D eigenvalue weighted by molar-refractivity contribution is -0.114. The second-order valence-electron chi connectivity index (χ2n) is 8.82. The number of amides is 3. The lowest BCUT2D eigenvalue weighted by atomic mass is 10.1. The first-order chi connectivity index (χ1) is 16.6. The second kappa shape index (κ2) is 11.4. The van der Waals surface area contributed by atoms with Crippen LogP contribution in [0.5, 0.6) is 0 Å². The van der Waals surface area contributed by atoms with Gasteiger partial charge >= 0.3 is 0 Å². The van der Waals surface area contributed by atoms with E-state index >= 15 is 0 Å². The Bertz CT molecular complexity index is 1170. The Kier molecular flexibility index (Phi) is 8.50. The number of carbonyl (C=O) groups excluding carboxylic acids is 3. The number of likely N-dealkylation sites (tertiary alicyclic amines) is 1. The summed E-state index contributed by atoms with van der Waals surface area (Å²) >= 11 is 0. The van der Waals surface area contributed by atoms with Crippen LogP contribution in [0, 0.1) is 0 Å². The van der Waals surface area contributed by atoms with E-state index in [9.17, 15) is 22.8 Å². The highest BCUT2D eigenvalue weighted by atomic mass is 32.2. The van der Waals surface area contributed by atoms with Crippen molar-refractivity contribution in [2.75, 3.05) is 49.6 Å². The number of rotatable bonds is 7. The van der Waals surface area contributed by atoms with Gasteiger partial charge in [-0.2, -0.15) is 0 Å². The molecule has 0 atom stereocenters. The summed E-state index contributed by atoms with van der Waals surface area (Å²) in [5.74, 6) is -0.949. The predicted octanol–water partition coefficient (Wildman–Crippen LogP) is 2.81. The van der Waals surface area contributed by atoms with Gasteiger partial charge in [0.15, 0.2) is 0 Å². The molecular formula is C25H32N4O5S. The molecule has 1 aliphatic rings. The summed E-state index contributed by atoms with van der Waals surface area (Å²) < 4.78 is 25.9. The standard InChI is InChI=1S/C25H32N4O5S/c1-27(2)24(31)19-12-14-20(15-13-19)29(35(3,33)34)18-23(30)26-22-11-7-6-10-21(22)25(32)28-16-8-4-5-9-17-28/h6-7,10-15H,4-5,8-9,16-18H2,1-3H3,(H,26,30). The molecule has 1 aliphatic heterocycles. The molecule has 9 nitrogen and oxygen atoms in total. The van der Waals surface area contributed by atoms with Gasteiger partial charge in [-0.25, -0.2) is 8.42 Å². The summed E-state index contributed by atoms with van der Waals surface area (Å²) in [5, 5.41) is 2.71. The smallest absolute Gasteiger partial charge is 0.255 e. The molecule has 35 heavy (non-hydrogen) atoms. The molecule has 0 radical (unpaired) electrons. The minimum atomic E-state index is -3.80. The first-order valence-electron chi connectivity index (χ1n) is 11.6. The Morgan fingerprint density at radius 3 is 2.09 bits per heavy atom. The molecule has 0 unspecified atom stereocenters. The largest absolute Gasteiger partial charge is 0.345 e. The van der Waals surface area contributed by atoms with Crippen molar-refractivity contribution in [1.82, 2.24) is 9.80 Å². The van der Waals surface area contributed by atoms with Crippen molar-refractivity contribution >= 4 is 39.1 Å². The topological polar surface area (TPSA) is 107 Å². The average Bonchev–Trinajstić information content (AvgIpc) is 3.11. The van der Waals surface area contributed by atoms with E-state index in [4.69, 9.17) is 0 Å². The number of hydrogen-bond donors (Lipinski definition) is 1. The first-order valence-corrected chi connectivity index (χ1v) is 13.4. The molecule has 1 heterocycles. The molecule has 3 rings (SSSR count). The summed E-state index contributed by atoms with van der Waals surface area (Å²) in [4.78, 5) is 41.4. The zero-order valence-corrected chi connectivity index (χ0v) is 21.2. The van der Waals surface area contributed by atoms with Gasteiger partial charge in [0.1, 0.15) is 6.54 Å². The van der Waals surface area contributed by atoms with Crippen molar-refractivity contribution in [3.05, 3.63) is 59.7 Å². The van der Waals surface area contributed by atoms with Crippen molar-refractivity contribution in [3.63, 3.8) is 0 Å². The third-order valence-corrected chi connectivity index (χ3v) is 6.96. The Morgan fingerprint density at radius 1 is 0.914 bits per heavy atom. The van der Waals surface area contributed by atoms with Gasteiger partial charge in [-0.15, -0.1) is 0 Å².